The van der Waals surface area contributed by atoms with Gasteiger partial charge < -0.3 is 9.73 Å². The monoisotopic (exact) mass is 299 g/mol. The van der Waals surface area contributed by atoms with Gasteiger partial charge in [0.05, 0.1) is 6.26 Å². The summed E-state index contributed by atoms with van der Waals surface area (Å²) in [7, 11) is 1.72. The Balaban J connectivity index is 2.48. The van der Waals surface area contributed by atoms with Crippen LogP contribution in [0.1, 0.15) is 30.9 Å². The molecule has 1 aromatic rings. The number of hydrogen-bond donors (Lipinski definition) is 1. The molecule has 1 aromatic heterocycles. The van der Waals surface area contributed by atoms with Crippen LogP contribution in [0.5, 0.6) is 0 Å². The van der Waals surface area contributed by atoms with Crippen molar-refractivity contribution in [1.82, 2.24) is 5.32 Å². The van der Waals surface area contributed by atoms with Crippen LogP contribution in [-0.4, -0.2) is 13.2 Å². The number of nitrogens with one attached hydrogen (secondary N) is 1. The minimum absolute atomic E-state index is 0.104. The fourth-order valence-electron chi connectivity index (χ4n) is 1.52. The van der Waals surface area contributed by atoms with E-state index in [-0.39, 0.29) is 12.5 Å². The summed E-state index contributed by atoms with van der Waals surface area (Å²) in [5, 5.41) is 2.97. The van der Waals surface area contributed by atoms with Crippen LogP contribution >= 0.6 is 15.9 Å². The van der Waals surface area contributed by atoms with Gasteiger partial charge in [-0.3, -0.25) is 0 Å². The minimum Gasteiger partial charge on any atom is -0.457 e. The Morgan fingerprint density at radius 1 is 1.50 bits per heavy atom. The molecule has 16 heavy (non-hydrogen) atoms. The minimum atomic E-state index is -4.08. The van der Waals surface area contributed by atoms with E-state index in [1.54, 1.807) is 13.1 Å². The molecule has 2 nitrogen and oxygen atoms in total. The van der Waals surface area contributed by atoms with E-state index in [0.717, 1.165) is 5.56 Å². The predicted molar refractivity (Wildman–Crippen MR) is 58.1 cm³/mol. The quantitative estimate of drug-likeness (QED) is 0.888. The highest BCUT2D eigenvalue weighted by Crippen LogP contribution is 2.30. The van der Waals surface area contributed by atoms with Crippen LogP contribution in [0.2, 0.25) is 0 Å². The van der Waals surface area contributed by atoms with Gasteiger partial charge in [-0.05, 0) is 41.9 Å². The summed E-state index contributed by atoms with van der Waals surface area (Å²) >= 11 is 3.21. The zero-order valence-corrected chi connectivity index (χ0v) is 10.4. The molecule has 0 saturated carbocycles. The third kappa shape index (κ3) is 4.17. The van der Waals surface area contributed by atoms with Crippen LogP contribution in [-0.2, 0) is 0 Å². The number of alkyl halides is 3. The Bertz CT molecular complexity index is 324. The van der Waals surface area contributed by atoms with Crippen LogP contribution in [0.25, 0.3) is 0 Å². The first-order valence-electron chi connectivity index (χ1n) is 4.91. The highest BCUT2D eigenvalue weighted by molar-refractivity contribution is 9.10. The van der Waals surface area contributed by atoms with Crippen LogP contribution in [0.4, 0.5) is 13.2 Å². The van der Waals surface area contributed by atoms with Crippen molar-refractivity contribution in [1.29, 1.82) is 0 Å². The van der Waals surface area contributed by atoms with Crippen LogP contribution < -0.4 is 5.32 Å². The summed E-state index contributed by atoms with van der Waals surface area (Å²) in [4.78, 5) is 0. The molecule has 0 saturated heterocycles. The maximum atomic E-state index is 12.0. The Morgan fingerprint density at radius 2 is 2.19 bits per heavy atom. The van der Waals surface area contributed by atoms with Gasteiger partial charge in [-0.1, -0.05) is 0 Å². The normalized spacial score (nSPS) is 14.1. The van der Waals surface area contributed by atoms with Gasteiger partial charge in [0.2, 0.25) is 0 Å². The molecule has 0 radical (unpaired) electrons. The molecular formula is C10H13BrF3NO. The largest absolute Gasteiger partial charge is 0.457 e. The van der Waals surface area contributed by atoms with E-state index in [4.69, 9.17) is 4.42 Å². The lowest BCUT2D eigenvalue weighted by molar-refractivity contribution is -0.135. The molecule has 0 fully saturated rings. The van der Waals surface area contributed by atoms with Crippen molar-refractivity contribution >= 4 is 15.9 Å². The number of hydrogen-bond acceptors (Lipinski definition) is 2. The van der Waals surface area contributed by atoms with Gasteiger partial charge in [-0.15, -0.1) is 0 Å². The average molecular weight is 300 g/mol. The Labute approximate surface area is 100 Å². The molecule has 6 heteroatoms. The second-order valence-corrected chi connectivity index (χ2v) is 4.22. The maximum Gasteiger partial charge on any atom is 0.389 e. The molecule has 1 unspecified atom stereocenters. The molecule has 0 amide bonds. The number of rotatable bonds is 5. The van der Waals surface area contributed by atoms with Crippen molar-refractivity contribution in [3.05, 3.63) is 22.6 Å². The lowest BCUT2D eigenvalue weighted by atomic mass is 10.0. The van der Waals surface area contributed by atoms with E-state index in [0.29, 0.717) is 11.1 Å². The van der Waals surface area contributed by atoms with Gasteiger partial charge >= 0.3 is 6.18 Å². The molecular weight excluding hydrogens is 287 g/mol. The van der Waals surface area contributed by atoms with Gasteiger partial charge in [-0.2, -0.15) is 13.2 Å². The van der Waals surface area contributed by atoms with Gasteiger partial charge in [0, 0.05) is 18.0 Å². The van der Waals surface area contributed by atoms with Crippen molar-refractivity contribution in [2.75, 3.05) is 7.05 Å². The van der Waals surface area contributed by atoms with E-state index >= 15 is 0 Å². The topological polar surface area (TPSA) is 25.2 Å². The first kappa shape index (κ1) is 13.6. The van der Waals surface area contributed by atoms with E-state index in [2.05, 4.69) is 21.2 Å². The first-order chi connectivity index (χ1) is 7.44. The van der Waals surface area contributed by atoms with Gasteiger partial charge in [0.15, 0.2) is 4.67 Å². The van der Waals surface area contributed by atoms with Gasteiger partial charge in [-0.25, -0.2) is 0 Å². The molecule has 0 aromatic carbocycles. The Morgan fingerprint density at radius 3 is 2.62 bits per heavy atom. The first-order valence-corrected chi connectivity index (χ1v) is 5.70. The molecule has 0 aliphatic carbocycles. The van der Waals surface area contributed by atoms with Crippen molar-refractivity contribution in [3.63, 3.8) is 0 Å². The summed E-state index contributed by atoms with van der Waals surface area (Å²) in [6, 6.07) is 1.63. The lowest BCUT2D eigenvalue weighted by Crippen LogP contribution is -2.17. The fraction of sp³-hybridized carbons (Fsp3) is 0.600. The molecule has 0 bridgehead atoms. The predicted octanol–water partition coefficient (Wildman–Crippen LogP) is 4.04. The number of furan rings is 1. The molecule has 0 spiro atoms. The van der Waals surface area contributed by atoms with Crippen LogP contribution in [0.15, 0.2) is 21.4 Å². The molecule has 1 heterocycles. The van der Waals surface area contributed by atoms with Crippen molar-refractivity contribution in [2.24, 2.45) is 0 Å². The van der Waals surface area contributed by atoms with Crippen molar-refractivity contribution < 1.29 is 17.6 Å². The molecule has 1 rings (SSSR count). The van der Waals surface area contributed by atoms with Gasteiger partial charge in [0.25, 0.3) is 0 Å². The van der Waals surface area contributed by atoms with E-state index in [9.17, 15) is 13.2 Å². The molecule has 1 N–H and O–H groups in total. The summed E-state index contributed by atoms with van der Waals surface area (Å²) < 4.78 is 41.6. The second-order valence-electron chi connectivity index (χ2n) is 3.50. The molecule has 0 aliphatic rings. The Hall–Kier alpha value is -0.490. The summed E-state index contributed by atoms with van der Waals surface area (Å²) in [5.41, 5.74) is 0.852. The third-order valence-electron chi connectivity index (χ3n) is 2.32. The average Bonchev–Trinajstić information content (AvgIpc) is 2.58. The van der Waals surface area contributed by atoms with Crippen LogP contribution in [0.3, 0.4) is 0 Å². The van der Waals surface area contributed by atoms with E-state index < -0.39 is 12.6 Å². The van der Waals surface area contributed by atoms with E-state index in [1.807, 2.05) is 0 Å². The van der Waals surface area contributed by atoms with Crippen molar-refractivity contribution in [3.8, 4) is 0 Å². The Kier molecular flexibility index (Phi) is 4.86. The molecule has 1 atom stereocenters. The van der Waals surface area contributed by atoms with Gasteiger partial charge in [0.1, 0.15) is 0 Å². The highest BCUT2D eigenvalue weighted by Gasteiger charge is 2.27. The zero-order chi connectivity index (χ0) is 12.2. The molecule has 92 valence electrons. The summed E-state index contributed by atoms with van der Waals surface area (Å²) in [6.45, 7) is 0. The maximum absolute atomic E-state index is 12.0. The molecule has 0 aliphatic heterocycles. The SMILES string of the molecule is CNC(CCCC(F)(F)F)c1ccoc1Br. The van der Waals surface area contributed by atoms with E-state index in [1.165, 1.54) is 6.26 Å². The smallest absolute Gasteiger partial charge is 0.389 e. The lowest BCUT2D eigenvalue weighted by Gasteiger charge is -2.15. The zero-order valence-electron chi connectivity index (χ0n) is 8.77. The second kappa shape index (κ2) is 5.72. The summed E-state index contributed by atoms with van der Waals surface area (Å²) in [6.07, 6.45) is -2.79. The van der Waals surface area contributed by atoms with Crippen LogP contribution in [0, 0.1) is 0 Å². The van der Waals surface area contributed by atoms with Crippen molar-refractivity contribution in [2.45, 2.75) is 31.5 Å². The fourth-order valence-corrected chi connectivity index (χ4v) is 2.03. The third-order valence-corrected chi connectivity index (χ3v) is 2.97. The summed E-state index contributed by atoms with van der Waals surface area (Å²) in [5.74, 6) is 0. The number of halogens is 4. The highest BCUT2D eigenvalue weighted by atomic mass is 79.9. The standard InChI is InChI=1S/C10H13BrF3NO/c1-15-8(3-2-5-10(12,13)14)7-4-6-16-9(7)11/h4,6,8,15H,2-3,5H2,1H3.